The van der Waals surface area contributed by atoms with Crippen LogP contribution in [-0.2, 0) is 14.4 Å². The van der Waals surface area contributed by atoms with Crippen molar-refractivity contribution < 1.29 is 14.4 Å². The quantitative estimate of drug-likeness (QED) is 0.594. The van der Waals surface area contributed by atoms with E-state index in [4.69, 9.17) is 16.4 Å². The highest BCUT2D eigenvalue weighted by atomic mass is 35.5. The predicted molar refractivity (Wildman–Crippen MR) is 104 cm³/mol. The van der Waals surface area contributed by atoms with Crippen LogP contribution in [0.15, 0.2) is 47.6 Å². The Bertz CT molecular complexity index is 837. The summed E-state index contributed by atoms with van der Waals surface area (Å²) in [6.07, 6.45) is 0.113. The molecular weight excluding hydrogens is 354 g/mol. The summed E-state index contributed by atoms with van der Waals surface area (Å²) < 4.78 is 0. The van der Waals surface area contributed by atoms with Crippen LogP contribution in [0.25, 0.3) is 0 Å². The standard InChI is InChI=1S/C19H20ClN3O3/c1-12-7-8-17(13(2)9-12)23-18(24)11-21-26-14(3)19(25)22-16-6-4-5-15(20)10-16/h4-11,14H,1-3H3,(H,22,25)(H,23,24)/b21-11-/t14-/m1/s1. The fraction of sp³-hybridized carbons (Fsp3) is 0.211. The number of hydrogen-bond acceptors (Lipinski definition) is 4. The van der Waals surface area contributed by atoms with Crippen molar-refractivity contribution >= 4 is 41.0 Å². The van der Waals surface area contributed by atoms with E-state index < -0.39 is 17.9 Å². The lowest BCUT2D eigenvalue weighted by molar-refractivity contribution is -0.126. The molecule has 0 radical (unpaired) electrons. The Hall–Kier alpha value is -2.86. The van der Waals surface area contributed by atoms with Gasteiger partial charge in [-0.1, -0.05) is 40.5 Å². The van der Waals surface area contributed by atoms with Crippen molar-refractivity contribution in [3.8, 4) is 0 Å². The number of aryl methyl sites for hydroxylation is 2. The largest absolute Gasteiger partial charge is 0.383 e. The van der Waals surface area contributed by atoms with Crippen LogP contribution in [0.1, 0.15) is 18.1 Å². The zero-order valence-corrected chi connectivity index (χ0v) is 15.5. The normalized spacial score (nSPS) is 11.8. The molecule has 0 aromatic heterocycles. The molecule has 0 aliphatic heterocycles. The Morgan fingerprint density at radius 3 is 2.62 bits per heavy atom. The van der Waals surface area contributed by atoms with E-state index in [2.05, 4.69) is 15.8 Å². The summed E-state index contributed by atoms with van der Waals surface area (Å²) in [6, 6.07) is 12.4. The molecule has 0 saturated carbocycles. The molecule has 0 fully saturated rings. The van der Waals surface area contributed by atoms with Crippen LogP contribution in [-0.4, -0.2) is 24.1 Å². The first kappa shape index (κ1) is 19.5. The Kier molecular flexibility index (Phi) is 6.74. The van der Waals surface area contributed by atoms with Crippen molar-refractivity contribution in [2.45, 2.75) is 26.9 Å². The molecule has 7 heteroatoms. The first-order valence-corrected chi connectivity index (χ1v) is 8.37. The molecule has 2 amide bonds. The Morgan fingerprint density at radius 2 is 1.92 bits per heavy atom. The number of benzene rings is 2. The maximum Gasteiger partial charge on any atom is 0.270 e. The van der Waals surface area contributed by atoms with Crippen molar-refractivity contribution in [2.24, 2.45) is 5.16 Å². The van der Waals surface area contributed by atoms with Crippen LogP contribution in [0.5, 0.6) is 0 Å². The number of amides is 2. The summed E-state index contributed by atoms with van der Waals surface area (Å²) in [7, 11) is 0. The number of carbonyl (C=O) groups excluding carboxylic acids is 2. The average Bonchev–Trinajstić information content (AvgIpc) is 2.57. The number of nitrogens with zero attached hydrogens (tertiary/aromatic N) is 1. The molecule has 0 aliphatic rings. The lowest BCUT2D eigenvalue weighted by Crippen LogP contribution is -2.26. The van der Waals surface area contributed by atoms with E-state index in [0.29, 0.717) is 16.4 Å². The van der Waals surface area contributed by atoms with Crippen LogP contribution in [0.3, 0.4) is 0 Å². The third-order valence-electron chi connectivity index (χ3n) is 3.49. The first-order valence-electron chi connectivity index (χ1n) is 7.99. The molecule has 2 rings (SSSR count). The van der Waals surface area contributed by atoms with Crippen molar-refractivity contribution in [3.05, 3.63) is 58.6 Å². The van der Waals surface area contributed by atoms with E-state index in [0.717, 1.165) is 17.3 Å². The van der Waals surface area contributed by atoms with Gasteiger partial charge in [0.1, 0.15) is 6.21 Å². The average molecular weight is 374 g/mol. The van der Waals surface area contributed by atoms with Crippen molar-refractivity contribution in [2.75, 3.05) is 10.6 Å². The van der Waals surface area contributed by atoms with Crippen LogP contribution < -0.4 is 10.6 Å². The summed E-state index contributed by atoms with van der Waals surface area (Å²) in [4.78, 5) is 28.9. The second kappa shape index (κ2) is 9.01. The molecule has 0 saturated heterocycles. The predicted octanol–water partition coefficient (Wildman–Crippen LogP) is 3.92. The van der Waals surface area contributed by atoms with Gasteiger partial charge in [0.05, 0.1) is 0 Å². The number of nitrogens with one attached hydrogen (secondary N) is 2. The minimum Gasteiger partial charge on any atom is -0.383 e. The SMILES string of the molecule is Cc1ccc(NC(=O)/C=N\O[C@H](C)C(=O)Nc2cccc(Cl)c2)c(C)c1. The van der Waals surface area contributed by atoms with Gasteiger partial charge in [0.15, 0.2) is 0 Å². The van der Waals surface area contributed by atoms with Gasteiger partial charge in [-0.2, -0.15) is 0 Å². The van der Waals surface area contributed by atoms with Crippen LogP contribution in [0.4, 0.5) is 11.4 Å². The smallest absolute Gasteiger partial charge is 0.270 e. The van der Waals surface area contributed by atoms with Gasteiger partial charge in [-0.25, -0.2) is 0 Å². The fourth-order valence-corrected chi connectivity index (χ4v) is 2.34. The van der Waals surface area contributed by atoms with Gasteiger partial charge < -0.3 is 15.5 Å². The summed E-state index contributed by atoms with van der Waals surface area (Å²) >= 11 is 5.86. The van der Waals surface area contributed by atoms with Crippen molar-refractivity contribution in [1.82, 2.24) is 0 Å². The Balaban J connectivity index is 1.84. The van der Waals surface area contributed by atoms with E-state index in [-0.39, 0.29) is 0 Å². The highest BCUT2D eigenvalue weighted by molar-refractivity contribution is 6.31. The van der Waals surface area contributed by atoms with Gasteiger partial charge in [0.25, 0.3) is 11.8 Å². The van der Waals surface area contributed by atoms with Gasteiger partial charge in [0.2, 0.25) is 6.10 Å². The van der Waals surface area contributed by atoms with E-state index >= 15 is 0 Å². The first-order chi connectivity index (χ1) is 12.3. The molecule has 0 aliphatic carbocycles. The van der Waals surface area contributed by atoms with Gasteiger partial charge in [-0.05, 0) is 50.6 Å². The number of rotatable bonds is 6. The molecule has 2 N–H and O–H groups in total. The fourth-order valence-electron chi connectivity index (χ4n) is 2.15. The molecule has 2 aromatic rings. The zero-order valence-electron chi connectivity index (χ0n) is 14.7. The molecule has 0 bridgehead atoms. The number of anilines is 2. The van der Waals surface area contributed by atoms with Gasteiger partial charge in [-0.15, -0.1) is 0 Å². The molecule has 0 spiro atoms. The van der Waals surface area contributed by atoms with Crippen molar-refractivity contribution in [3.63, 3.8) is 0 Å². The van der Waals surface area contributed by atoms with Crippen molar-refractivity contribution in [1.29, 1.82) is 0 Å². The van der Waals surface area contributed by atoms with E-state index in [9.17, 15) is 9.59 Å². The monoisotopic (exact) mass is 373 g/mol. The Morgan fingerprint density at radius 1 is 1.15 bits per heavy atom. The third kappa shape index (κ3) is 5.89. The number of carbonyl (C=O) groups is 2. The topological polar surface area (TPSA) is 79.8 Å². The number of oxime groups is 1. The molecule has 0 unspecified atom stereocenters. The highest BCUT2D eigenvalue weighted by Gasteiger charge is 2.14. The summed E-state index contributed by atoms with van der Waals surface area (Å²) in [5.41, 5.74) is 3.30. The van der Waals surface area contributed by atoms with Crippen LogP contribution >= 0.6 is 11.6 Å². The van der Waals surface area contributed by atoms with Gasteiger partial charge in [0, 0.05) is 16.4 Å². The molecule has 6 nitrogen and oxygen atoms in total. The maximum atomic E-state index is 12.0. The second-order valence-corrected chi connectivity index (χ2v) is 6.23. The summed E-state index contributed by atoms with van der Waals surface area (Å²) in [5.74, 6) is -0.849. The second-order valence-electron chi connectivity index (χ2n) is 5.79. The zero-order chi connectivity index (χ0) is 19.1. The molecule has 136 valence electrons. The molecule has 26 heavy (non-hydrogen) atoms. The lowest BCUT2D eigenvalue weighted by atomic mass is 10.1. The minimum atomic E-state index is -0.876. The molecule has 1 atom stereocenters. The van der Waals surface area contributed by atoms with Crippen LogP contribution in [0, 0.1) is 13.8 Å². The molecular formula is C19H20ClN3O3. The maximum absolute atomic E-state index is 12.0. The van der Waals surface area contributed by atoms with Gasteiger partial charge in [-0.3, -0.25) is 9.59 Å². The summed E-state index contributed by atoms with van der Waals surface area (Å²) in [6.45, 7) is 5.40. The Labute approximate surface area is 157 Å². The van der Waals surface area contributed by atoms with Crippen LogP contribution in [0.2, 0.25) is 5.02 Å². The van der Waals surface area contributed by atoms with E-state index in [1.165, 1.54) is 6.92 Å². The van der Waals surface area contributed by atoms with Gasteiger partial charge >= 0.3 is 0 Å². The van der Waals surface area contributed by atoms with E-state index in [1.807, 2.05) is 32.0 Å². The molecule has 2 aromatic carbocycles. The highest BCUT2D eigenvalue weighted by Crippen LogP contribution is 2.16. The summed E-state index contributed by atoms with van der Waals surface area (Å²) in [5, 5.41) is 9.44. The third-order valence-corrected chi connectivity index (χ3v) is 3.73. The minimum absolute atomic E-state index is 0.404. The number of hydrogen-bond donors (Lipinski definition) is 2. The molecule has 0 heterocycles. The number of halogens is 1. The van der Waals surface area contributed by atoms with E-state index in [1.54, 1.807) is 24.3 Å². The lowest BCUT2D eigenvalue weighted by Gasteiger charge is -2.10.